The Kier molecular flexibility index (Phi) is 3.92. The third-order valence-electron chi connectivity index (χ3n) is 3.18. The van der Waals surface area contributed by atoms with E-state index in [1.54, 1.807) is 18.2 Å². The minimum absolute atomic E-state index is 0.0149. The van der Waals surface area contributed by atoms with E-state index >= 15 is 0 Å². The Hall–Kier alpha value is -1.79. The quantitative estimate of drug-likeness (QED) is 0.665. The van der Waals surface area contributed by atoms with E-state index in [1.165, 1.54) is 0 Å². The van der Waals surface area contributed by atoms with E-state index in [-0.39, 0.29) is 18.8 Å². The molecule has 1 fully saturated rings. The first kappa shape index (κ1) is 13.6. The lowest BCUT2D eigenvalue weighted by Crippen LogP contribution is -2.48. The minimum Gasteiger partial charge on any atom is -0.397 e. The second kappa shape index (κ2) is 5.46. The summed E-state index contributed by atoms with van der Waals surface area (Å²) >= 11 is 0. The van der Waals surface area contributed by atoms with E-state index in [4.69, 9.17) is 16.2 Å². The highest BCUT2D eigenvalue weighted by Gasteiger charge is 2.26. The van der Waals surface area contributed by atoms with Gasteiger partial charge in [-0.15, -0.1) is 0 Å². The van der Waals surface area contributed by atoms with Gasteiger partial charge in [-0.2, -0.15) is 0 Å². The van der Waals surface area contributed by atoms with Crippen LogP contribution in [0.2, 0.25) is 0 Å². The van der Waals surface area contributed by atoms with E-state index < -0.39 is 5.91 Å². The summed E-state index contributed by atoms with van der Waals surface area (Å²) < 4.78 is 5.58. The number of anilines is 2. The molecular formula is C13H19N3O3. The number of amides is 1. The van der Waals surface area contributed by atoms with Crippen molar-refractivity contribution in [3.63, 3.8) is 0 Å². The monoisotopic (exact) mass is 265 g/mol. The molecule has 0 aliphatic carbocycles. The van der Waals surface area contributed by atoms with Gasteiger partial charge in [-0.25, -0.2) is 0 Å². The Morgan fingerprint density at radius 1 is 1.53 bits per heavy atom. The number of nitrogens with two attached hydrogens (primary N) is 2. The number of aliphatic hydroxyl groups is 1. The first-order valence-electron chi connectivity index (χ1n) is 6.22. The summed E-state index contributed by atoms with van der Waals surface area (Å²) in [5.41, 5.74) is 12.9. The zero-order chi connectivity index (χ0) is 14.0. The van der Waals surface area contributed by atoms with Crippen molar-refractivity contribution in [3.05, 3.63) is 23.8 Å². The lowest BCUT2D eigenvalue weighted by Gasteiger charge is -2.38. The van der Waals surface area contributed by atoms with Crippen LogP contribution < -0.4 is 16.4 Å². The molecule has 104 valence electrons. The van der Waals surface area contributed by atoms with Crippen molar-refractivity contribution in [1.29, 1.82) is 0 Å². The molecule has 1 amide bonds. The van der Waals surface area contributed by atoms with E-state index in [1.807, 2.05) is 6.92 Å². The average Bonchev–Trinajstić information content (AvgIpc) is 2.37. The molecule has 2 atom stereocenters. The molecule has 6 heteroatoms. The first-order valence-corrected chi connectivity index (χ1v) is 6.22. The predicted octanol–water partition coefficient (Wildman–Crippen LogP) is -0.0463. The Balaban J connectivity index is 2.23. The second-order valence-corrected chi connectivity index (χ2v) is 4.79. The van der Waals surface area contributed by atoms with Crippen molar-refractivity contribution in [2.75, 3.05) is 30.3 Å². The summed E-state index contributed by atoms with van der Waals surface area (Å²) in [6.45, 7) is 3.18. The number of nitrogens with zero attached hydrogens (tertiary/aromatic N) is 1. The van der Waals surface area contributed by atoms with Gasteiger partial charge in [0.2, 0.25) is 5.91 Å². The van der Waals surface area contributed by atoms with Crippen LogP contribution in [0.15, 0.2) is 18.2 Å². The topological polar surface area (TPSA) is 102 Å². The van der Waals surface area contributed by atoms with Gasteiger partial charge < -0.3 is 26.2 Å². The Morgan fingerprint density at radius 3 is 2.84 bits per heavy atom. The van der Waals surface area contributed by atoms with Crippen molar-refractivity contribution < 1.29 is 14.6 Å². The number of primary amides is 1. The molecule has 1 saturated heterocycles. The summed E-state index contributed by atoms with van der Waals surface area (Å²) in [5, 5.41) is 9.22. The Labute approximate surface area is 111 Å². The van der Waals surface area contributed by atoms with Gasteiger partial charge in [0, 0.05) is 18.7 Å². The number of ether oxygens (including phenoxy) is 1. The van der Waals surface area contributed by atoms with Gasteiger partial charge >= 0.3 is 0 Å². The number of benzene rings is 1. The molecule has 2 rings (SSSR count). The third-order valence-corrected chi connectivity index (χ3v) is 3.18. The summed E-state index contributed by atoms with van der Waals surface area (Å²) in [6.07, 6.45) is -0.208. The normalized spacial score (nSPS) is 23.4. The van der Waals surface area contributed by atoms with Crippen LogP contribution >= 0.6 is 0 Å². The number of rotatable bonds is 3. The van der Waals surface area contributed by atoms with Crippen LogP contribution in [0.4, 0.5) is 11.4 Å². The molecule has 5 N–H and O–H groups in total. The van der Waals surface area contributed by atoms with Crippen LogP contribution in [0, 0.1) is 0 Å². The summed E-state index contributed by atoms with van der Waals surface area (Å²) in [5.74, 6) is -0.498. The van der Waals surface area contributed by atoms with Gasteiger partial charge in [0.1, 0.15) is 0 Å². The van der Waals surface area contributed by atoms with Crippen LogP contribution in [0.1, 0.15) is 17.3 Å². The lowest BCUT2D eigenvalue weighted by molar-refractivity contribution is -0.0420. The van der Waals surface area contributed by atoms with Gasteiger partial charge in [0.15, 0.2) is 0 Å². The number of carbonyl (C=O) groups excluding carboxylic acids is 1. The fourth-order valence-corrected chi connectivity index (χ4v) is 2.34. The molecule has 0 spiro atoms. The van der Waals surface area contributed by atoms with Crippen molar-refractivity contribution >= 4 is 17.3 Å². The maximum Gasteiger partial charge on any atom is 0.248 e. The van der Waals surface area contributed by atoms with Crippen molar-refractivity contribution in [2.24, 2.45) is 5.73 Å². The van der Waals surface area contributed by atoms with Crippen molar-refractivity contribution in [2.45, 2.75) is 19.1 Å². The number of morpholine rings is 1. The van der Waals surface area contributed by atoms with Gasteiger partial charge in [-0.1, -0.05) is 0 Å². The van der Waals surface area contributed by atoms with Crippen LogP contribution in [0.25, 0.3) is 0 Å². The molecule has 1 aliphatic rings. The summed E-state index contributed by atoms with van der Waals surface area (Å²) in [6, 6.07) is 5.01. The van der Waals surface area contributed by atoms with Gasteiger partial charge in [0.05, 0.1) is 30.2 Å². The maximum absolute atomic E-state index is 11.1. The Morgan fingerprint density at radius 2 is 2.26 bits per heavy atom. The fourth-order valence-electron chi connectivity index (χ4n) is 2.34. The van der Waals surface area contributed by atoms with Gasteiger partial charge in [-0.3, -0.25) is 4.79 Å². The highest BCUT2D eigenvalue weighted by molar-refractivity contribution is 5.94. The lowest BCUT2D eigenvalue weighted by atomic mass is 10.1. The third kappa shape index (κ3) is 2.97. The van der Waals surface area contributed by atoms with Crippen LogP contribution in [0.5, 0.6) is 0 Å². The van der Waals surface area contributed by atoms with Crippen molar-refractivity contribution in [1.82, 2.24) is 0 Å². The maximum atomic E-state index is 11.1. The standard InChI is InChI=1S/C13H19N3O3/c1-8-5-16(6-10(7-17)19-8)12-3-2-9(13(15)18)4-11(12)14/h2-4,8,10,17H,5-7,14H2,1H3,(H2,15,18). The molecule has 0 aromatic heterocycles. The molecule has 0 saturated carbocycles. The zero-order valence-electron chi connectivity index (χ0n) is 10.9. The zero-order valence-corrected chi connectivity index (χ0v) is 10.9. The predicted molar refractivity (Wildman–Crippen MR) is 73.0 cm³/mol. The highest BCUT2D eigenvalue weighted by Crippen LogP contribution is 2.27. The fraction of sp³-hybridized carbons (Fsp3) is 0.462. The van der Waals surface area contributed by atoms with Crippen molar-refractivity contribution in [3.8, 4) is 0 Å². The van der Waals surface area contributed by atoms with Gasteiger partial charge in [0.25, 0.3) is 0 Å². The van der Waals surface area contributed by atoms with E-state index in [0.29, 0.717) is 24.3 Å². The minimum atomic E-state index is -0.498. The van der Waals surface area contributed by atoms with Gasteiger partial charge in [-0.05, 0) is 25.1 Å². The summed E-state index contributed by atoms with van der Waals surface area (Å²) in [7, 11) is 0. The average molecular weight is 265 g/mol. The smallest absolute Gasteiger partial charge is 0.248 e. The van der Waals surface area contributed by atoms with E-state index in [2.05, 4.69) is 4.90 Å². The molecule has 1 aromatic rings. The molecule has 19 heavy (non-hydrogen) atoms. The molecule has 6 nitrogen and oxygen atoms in total. The molecular weight excluding hydrogens is 246 g/mol. The number of carbonyl (C=O) groups is 1. The largest absolute Gasteiger partial charge is 0.397 e. The number of nitrogen functional groups attached to an aromatic ring is 1. The second-order valence-electron chi connectivity index (χ2n) is 4.79. The summed E-state index contributed by atoms with van der Waals surface area (Å²) in [4.78, 5) is 13.1. The molecule has 0 radical (unpaired) electrons. The SMILES string of the molecule is CC1CN(c2ccc(C(N)=O)cc2N)CC(CO)O1. The number of aliphatic hydroxyl groups excluding tert-OH is 1. The first-order chi connectivity index (χ1) is 9.01. The molecule has 1 heterocycles. The Bertz CT molecular complexity index is 478. The number of hydrogen-bond donors (Lipinski definition) is 3. The van der Waals surface area contributed by atoms with Crippen LogP contribution in [-0.4, -0.2) is 42.9 Å². The van der Waals surface area contributed by atoms with E-state index in [0.717, 1.165) is 5.69 Å². The van der Waals surface area contributed by atoms with E-state index in [9.17, 15) is 9.90 Å². The number of hydrogen-bond acceptors (Lipinski definition) is 5. The highest BCUT2D eigenvalue weighted by atomic mass is 16.5. The molecule has 0 bridgehead atoms. The van der Waals surface area contributed by atoms with Crippen LogP contribution in [-0.2, 0) is 4.74 Å². The molecule has 2 unspecified atom stereocenters. The molecule has 1 aromatic carbocycles. The van der Waals surface area contributed by atoms with Crippen LogP contribution in [0.3, 0.4) is 0 Å². The molecule has 1 aliphatic heterocycles.